The molecule has 2 heterocycles. The average Bonchev–Trinajstić information content (AvgIpc) is 3.20. The SMILES string of the molecule is COc1ccc(NC(=O)c2cc(-c3ccc(Cl)s3)n(C)n2)c(OC)c1. The van der Waals surface area contributed by atoms with E-state index in [-0.39, 0.29) is 5.91 Å². The molecule has 1 amide bonds. The molecule has 6 nitrogen and oxygen atoms in total. The molecule has 130 valence electrons. The van der Waals surface area contributed by atoms with Gasteiger partial charge in [0.2, 0.25) is 0 Å². The molecule has 1 N–H and O–H groups in total. The summed E-state index contributed by atoms with van der Waals surface area (Å²) in [5, 5.41) is 7.09. The number of aryl methyl sites for hydroxylation is 1. The summed E-state index contributed by atoms with van der Waals surface area (Å²) in [5.41, 5.74) is 1.67. The van der Waals surface area contributed by atoms with Crippen molar-refractivity contribution in [2.75, 3.05) is 19.5 Å². The van der Waals surface area contributed by atoms with E-state index < -0.39 is 0 Å². The van der Waals surface area contributed by atoms with Crippen molar-refractivity contribution in [2.24, 2.45) is 7.05 Å². The Kier molecular flexibility index (Phi) is 4.96. The molecule has 0 bridgehead atoms. The Morgan fingerprint density at radius 1 is 1.20 bits per heavy atom. The first-order chi connectivity index (χ1) is 12.0. The molecular formula is C17H16ClN3O3S. The monoisotopic (exact) mass is 377 g/mol. The van der Waals surface area contributed by atoms with Gasteiger partial charge in [-0.15, -0.1) is 11.3 Å². The van der Waals surface area contributed by atoms with Crippen molar-refractivity contribution < 1.29 is 14.3 Å². The van der Waals surface area contributed by atoms with Crippen LogP contribution in [0.25, 0.3) is 10.6 Å². The second kappa shape index (κ2) is 7.16. The van der Waals surface area contributed by atoms with Crippen LogP contribution in [0, 0.1) is 0 Å². The second-order valence-corrected chi connectivity index (χ2v) is 6.88. The highest BCUT2D eigenvalue weighted by atomic mass is 35.5. The molecule has 2 aromatic heterocycles. The fourth-order valence-electron chi connectivity index (χ4n) is 2.35. The molecule has 0 fully saturated rings. The van der Waals surface area contributed by atoms with Crippen molar-refractivity contribution in [3.63, 3.8) is 0 Å². The number of nitrogens with zero attached hydrogens (tertiary/aromatic N) is 2. The molecule has 0 saturated carbocycles. The van der Waals surface area contributed by atoms with Gasteiger partial charge in [-0.1, -0.05) is 11.6 Å². The summed E-state index contributed by atoms with van der Waals surface area (Å²) in [6, 6.07) is 10.6. The fourth-order valence-corrected chi connectivity index (χ4v) is 3.44. The largest absolute Gasteiger partial charge is 0.497 e. The Balaban J connectivity index is 1.85. The van der Waals surface area contributed by atoms with Gasteiger partial charge in [-0.05, 0) is 30.3 Å². The Bertz CT molecular complexity index is 920. The first-order valence-electron chi connectivity index (χ1n) is 7.35. The zero-order chi connectivity index (χ0) is 18.0. The standard InChI is InChI=1S/C17H16ClN3O3S/c1-21-13(15-6-7-16(18)25-15)9-12(20-21)17(22)19-11-5-4-10(23-2)8-14(11)24-3/h4-9H,1-3H3,(H,19,22). The van der Waals surface area contributed by atoms with Gasteiger partial charge in [0.25, 0.3) is 5.91 Å². The molecule has 0 atom stereocenters. The molecule has 25 heavy (non-hydrogen) atoms. The summed E-state index contributed by atoms with van der Waals surface area (Å²) in [6.07, 6.45) is 0. The highest BCUT2D eigenvalue weighted by Crippen LogP contribution is 2.32. The van der Waals surface area contributed by atoms with Gasteiger partial charge in [0.05, 0.1) is 34.8 Å². The third-order valence-electron chi connectivity index (χ3n) is 3.59. The van der Waals surface area contributed by atoms with Crippen LogP contribution in [-0.4, -0.2) is 29.9 Å². The topological polar surface area (TPSA) is 65.4 Å². The number of ether oxygens (including phenoxy) is 2. The number of rotatable bonds is 5. The Hall–Kier alpha value is -2.51. The normalized spacial score (nSPS) is 10.6. The van der Waals surface area contributed by atoms with Crippen LogP contribution in [0.1, 0.15) is 10.5 Å². The molecule has 3 aromatic rings. The number of anilines is 1. The molecule has 0 aliphatic carbocycles. The molecule has 0 unspecified atom stereocenters. The number of aromatic nitrogens is 2. The number of methoxy groups -OCH3 is 2. The predicted molar refractivity (Wildman–Crippen MR) is 99.0 cm³/mol. The van der Waals surface area contributed by atoms with Crippen molar-refractivity contribution in [3.05, 3.63) is 46.4 Å². The van der Waals surface area contributed by atoms with Crippen LogP contribution in [0.3, 0.4) is 0 Å². The van der Waals surface area contributed by atoms with E-state index in [1.54, 1.807) is 43.1 Å². The average molecular weight is 378 g/mol. The van der Waals surface area contributed by atoms with Crippen molar-refractivity contribution in [1.82, 2.24) is 9.78 Å². The summed E-state index contributed by atoms with van der Waals surface area (Å²) >= 11 is 7.42. The number of halogens is 1. The van der Waals surface area contributed by atoms with E-state index >= 15 is 0 Å². The van der Waals surface area contributed by atoms with Crippen LogP contribution in [0.2, 0.25) is 4.34 Å². The van der Waals surface area contributed by atoms with E-state index in [0.29, 0.717) is 27.2 Å². The third-order valence-corrected chi connectivity index (χ3v) is 4.85. The summed E-state index contributed by atoms with van der Waals surface area (Å²) in [7, 11) is 4.89. The summed E-state index contributed by atoms with van der Waals surface area (Å²) in [4.78, 5) is 13.5. The molecular weight excluding hydrogens is 362 g/mol. The number of hydrogen-bond donors (Lipinski definition) is 1. The van der Waals surface area contributed by atoms with Gasteiger partial charge in [0.15, 0.2) is 5.69 Å². The van der Waals surface area contributed by atoms with Crippen molar-refractivity contribution in [2.45, 2.75) is 0 Å². The minimum absolute atomic E-state index is 0.305. The number of hydrogen-bond acceptors (Lipinski definition) is 5. The van der Waals surface area contributed by atoms with Gasteiger partial charge in [0.1, 0.15) is 11.5 Å². The molecule has 0 aliphatic heterocycles. The maximum atomic E-state index is 12.5. The fraction of sp³-hybridized carbons (Fsp3) is 0.176. The van der Waals surface area contributed by atoms with Gasteiger partial charge in [-0.25, -0.2) is 0 Å². The molecule has 1 aromatic carbocycles. The number of carbonyl (C=O) groups excluding carboxylic acids is 1. The number of thiophene rings is 1. The van der Waals surface area contributed by atoms with E-state index in [1.807, 2.05) is 12.1 Å². The van der Waals surface area contributed by atoms with Crippen molar-refractivity contribution >= 4 is 34.5 Å². The van der Waals surface area contributed by atoms with Gasteiger partial charge in [-0.3, -0.25) is 9.48 Å². The lowest BCUT2D eigenvalue weighted by molar-refractivity contribution is 0.102. The van der Waals surface area contributed by atoms with E-state index in [4.69, 9.17) is 21.1 Å². The minimum atomic E-state index is -0.326. The summed E-state index contributed by atoms with van der Waals surface area (Å²) < 4.78 is 12.8. The Labute approximate surface area is 153 Å². The first-order valence-corrected chi connectivity index (χ1v) is 8.54. The van der Waals surface area contributed by atoms with E-state index in [0.717, 1.165) is 10.6 Å². The van der Waals surface area contributed by atoms with E-state index in [2.05, 4.69) is 10.4 Å². The number of amides is 1. The minimum Gasteiger partial charge on any atom is -0.497 e. The quantitative estimate of drug-likeness (QED) is 0.727. The van der Waals surface area contributed by atoms with Gasteiger partial charge in [-0.2, -0.15) is 5.10 Å². The summed E-state index contributed by atoms with van der Waals surface area (Å²) in [5.74, 6) is 0.825. The molecule has 0 aliphatic rings. The van der Waals surface area contributed by atoms with Crippen LogP contribution in [0.5, 0.6) is 11.5 Å². The summed E-state index contributed by atoms with van der Waals surface area (Å²) in [6.45, 7) is 0. The lowest BCUT2D eigenvalue weighted by atomic mass is 10.2. The van der Waals surface area contributed by atoms with Gasteiger partial charge in [0, 0.05) is 13.1 Å². The molecule has 0 saturated heterocycles. The number of nitrogens with one attached hydrogen (secondary N) is 1. The van der Waals surface area contributed by atoms with E-state index in [1.165, 1.54) is 18.4 Å². The molecule has 0 spiro atoms. The number of carbonyl (C=O) groups is 1. The number of benzene rings is 1. The Morgan fingerprint density at radius 2 is 2.00 bits per heavy atom. The third kappa shape index (κ3) is 3.62. The Morgan fingerprint density at radius 3 is 2.64 bits per heavy atom. The van der Waals surface area contributed by atoms with Gasteiger partial charge < -0.3 is 14.8 Å². The molecule has 0 radical (unpaired) electrons. The lowest BCUT2D eigenvalue weighted by Gasteiger charge is -2.10. The smallest absolute Gasteiger partial charge is 0.276 e. The van der Waals surface area contributed by atoms with E-state index in [9.17, 15) is 4.79 Å². The van der Waals surface area contributed by atoms with Crippen molar-refractivity contribution in [3.8, 4) is 22.1 Å². The maximum Gasteiger partial charge on any atom is 0.276 e. The van der Waals surface area contributed by atoms with Crippen LogP contribution in [-0.2, 0) is 7.05 Å². The molecule has 3 rings (SSSR count). The predicted octanol–water partition coefficient (Wildman–Crippen LogP) is 4.07. The zero-order valence-electron chi connectivity index (χ0n) is 13.9. The van der Waals surface area contributed by atoms with Crippen LogP contribution < -0.4 is 14.8 Å². The highest BCUT2D eigenvalue weighted by Gasteiger charge is 2.17. The maximum absolute atomic E-state index is 12.5. The van der Waals surface area contributed by atoms with Crippen LogP contribution in [0.15, 0.2) is 36.4 Å². The molecule has 8 heteroatoms. The van der Waals surface area contributed by atoms with Gasteiger partial charge >= 0.3 is 0 Å². The first kappa shape index (κ1) is 17.3. The lowest BCUT2D eigenvalue weighted by Crippen LogP contribution is -2.13. The second-order valence-electron chi connectivity index (χ2n) is 5.16. The van der Waals surface area contributed by atoms with Crippen LogP contribution >= 0.6 is 22.9 Å². The van der Waals surface area contributed by atoms with Crippen molar-refractivity contribution in [1.29, 1.82) is 0 Å². The van der Waals surface area contributed by atoms with Crippen LogP contribution in [0.4, 0.5) is 5.69 Å². The highest BCUT2D eigenvalue weighted by molar-refractivity contribution is 7.19. The zero-order valence-corrected chi connectivity index (χ0v) is 15.4.